The molecule has 80 valence electrons. The van der Waals surface area contributed by atoms with Gasteiger partial charge in [0.25, 0.3) is 0 Å². The fourth-order valence-electron chi connectivity index (χ4n) is 0.964. The van der Waals surface area contributed by atoms with Crippen molar-refractivity contribution in [1.82, 2.24) is 0 Å². The van der Waals surface area contributed by atoms with Crippen LogP contribution in [0.25, 0.3) is 0 Å². The summed E-state index contributed by atoms with van der Waals surface area (Å²) in [6.45, 7) is 3.60. The lowest BCUT2D eigenvalue weighted by Gasteiger charge is -2.15. The minimum atomic E-state index is -0.629. The molecule has 0 heterocycles. The van der Waals surface area contributed by atoms with Crippen molar-refractivity contribution in [3.8, 4) is 0 Å². The van der Waals surface area contributed by atoms with E-state index in [4.69, 9.17) is 5.73 Å². The highest BCUT2D eigenvalue weighted by molar-refractivity contribution is 14.1. The molecule has 0 aromatic heterocycles. The molecule has 2 atom stereocenters. The zero-order valence-electron chi connectivity index (χ0n) is 8.40. The van der Waals surface area contributed by atoms with Crippen LogP contribution in [-0.4, -0.2) is 23.5 Å². The van der Waals surface area contributed by atoms with Crippen LogP contribution in [0.2, 0.25) is 0 Å². The number of aldehydes is 1. The van der Waals surface area contributed by atoms with Gasteiger partial charge in [-0.2, -0.15) is 0 Å². The highest BCUT2D eigenvalue weighted by atomic mass is 127. The molecule has 0 saturated heterocycles. The average Bonchev–Trinajstić information content (AvgIpc) is 2.17. The first-order valence-corrected chi connectivity index (χ1v) is 5.59. The number of carbonyl (C=O) groups excluding carboxylic acids is 1. The Morgan fingerprint density at radius 2 is 2.14 bits per heavy atom. The molecular weight excluding hydrogens is 293 g/mol. The normalized spacial score (nSPS) is 17.8. The van der Waals surface area contributed by atoms with E-state index in [0.717, 1.165) is 11.9 Å². The molecule has 0 bridgehead atoms. The lowest BCUT2D eigenvalue weighted by atomic mass is 10.0. The van der Waals surface area contributed by atoms with Crippen molar-refractivity contribution < 1.29 is 9.90 Å². The maximum absolute atomic E-state index is 10.3. The Kier molecular flexibility index (Phi) is 7.04. The van der Waals surface area contributed by atoms with Gasteiger partial charge < -0.3 is 10.8 Å². The molecule has 0 aromatic carbocycles. The maximum Gasteiger partial charge on any atom is 0.145 e. The third-order valence-electron chi connectivity index (χ3n) is 1.80. The molecule has 3 nitrogen and oxygen atoms in total. The van der Waals surface area contributed by atoms with Gasteiger partial charge in [0.15, 0.2) is 0 Å². The summed E-state index contributed by atoms with van der Waals surface area (Å²) in [4.78, 5) is 10.3. The Morgan fingerprint density at radius 3 is 2.57 bits per heavy atom. The summed E-state index contributed by atoms with van der Waals surface area (Å²) in [6.07, 6.45) is 2.22. The lowest BCUT2D eigenvalue weighted by Crippen LogP contribution is -2.33. The van der Waals surface area contributed by atoms with Gasteiger partial charge >= 0.3 is 0 Å². The third kappa shape index (κ3) is 5.51. The quantitative estimate of drug-likeness (QED) is 0.460. The first kappa shape index (κ1) is 13.8. The predicted octanol–water partition coefficient (Wildman–Crippen LogP) is 1.55. The number of aliphatic hydroxyl groups excluding tert-OH is 1. The van der Waals surface area contributed by atoms with Crippen LogP contribution < -0.4 is 5.73 Å². The minimum absolute atomic E-state index is 0.480. The highest BCUT2D eigenvalue weighted by Crippen LogP contribution is 2.10. The van der Waals surface area contributed by atoms with Gasteiger partial charge in [-0.15, -0.1) is 0 Å². The van der Waals surface area contributed by atoms with Crippen LogP contribution in [0, 0.1) is 0 Å². The van der Waals surface area contributed by atoms with Crippen LogP contribution >= 0.6 is 22.6 Å². The van der Waals surface area contributed by atoms with E-state index < -0.39 is 12.1 Å². The lowest BCUT2D eigenvalue weighted by molar-refractivity contribution is -0.104. The maximum atomic E-state index is 10.3. The van der Waals surface area contributed by atoms with Crippen LogP contribution in [0.1, 0.15) is 20.3 Å². The van der Waals surface area contributed by atoms with E-state index in [9.17, 15) is 9.90 Å². The van der Waals surface area contributed by atoms with Crippen molar-refractivity contribution in [3.63, 3.8) is 0 Å². The Hall–Kier alpha value is -0.200. The smallest absolute Gasteiger partial charge is 0.145 e. The predicted molar refractivity (Wildman–Crippen MR) is 66.2 cm³/mol. The van der Waals surface area contributed by atoms with Crippen LogP contribution in [0.4, 0.5) is 0 Å². The molecule has 0 aliphatic carbocycles. The molecule has 3 N–H and O–H groups in total. The van der Waals surface area contributed by atoms with E-state index >= 15 is 0 Å². The Labute approximate surface area is 98.2 Å². The first-order valence-electron chi connectivity index (χ1n) is 4.34. The van der Waals surface area contributed by atoms with Crippen molar-refractivity contribution in [1.29, 1.82) is 0 Å². The molecule has 14 heavy (non-hydrogen) atoms. The van der Waals surface area contributed by atoms with Crippen molar-refractivity contribution in [3.05, 3.63) is 21.3 Å². The number of carbonyl (C=O) groups is 1. The monoisotopic (exact) mass is 309 g/mol. The van der Waals surface area contributed by atoms with Gasteiger partial charge in [0, 0.05) is 6.04 Å². The van der Waals surface area contributed by atoms with Crippen molar-refractivity contribution in [2.75, 3.05) is 0 Å². The summed E-state index contributed by atoms with van der Waals surface area (Å²) >= 11 is 2.12. The van der Waals surface area contributed by atoms with Crippen LogP contribution in [0.15, 0.2) is 21.3 Å². The fourth-order valence-corrected chi connectivity index (χ4v) is 1.22. The first-order chi connectivity index (χ1) is 6.51. The molecule has 0 aliphatic rings. The molecule has 0 fully saturated rings. The second kappa shape index (κ2) is 7.14. The second-order valence-corrected chi connectivity index (χ2v) is 3.96. The standard InChI is InChI=1S/C10H16INO2/c1-7(5-11)4-10(14)9(12)3-8(2)6-13/h3,5-6,9-10,14H,4,12H2,1-2H3/b7-5+,8-3+/t9-,10-/m1/s1. The van der Waals surface area contributed by atoms with E-state index in [0.29, 0.717) is 12.0 Å². The van der Waals surface area contributed by atoms with E-state index in [-0.39, 0.29) is 0 Å². The summed E-state index contributed by atoms with van der Waals surface area (Å²) in [5.74, 6) is 0. The van der Waals surface area contributed by atoms with Crippen molar-refractivity contribution in [2.45, 2.75) is 32.4 Å². The summed E-state index contributed by atoms with van der Waals surface area (Å²) in [5.41, 5.74) is 7.31. The molecule has 0 unspecified atom stereocenters. The number of halogens is 1. The minimum Gasteiger partial charge on any atom is -0.391 e. The Bertz CT molecular complexity index is 249. The molecule has 0 spiro atoms. The summed E-state index contributed by atoms with van der Waals surface area (Å²) < 4.78 is 1.91. The summed E-state index contributed by atoms with van der Waals surface area (Å²) in [6, 6.07) is -0.480. The molecule has 0 aromatic rings. The topological polar surface area (TPSA) is 63.3 Å². The Morgan fingerprint density at radius 1 is 1.57 bits per heavy atom. The molecular formula is C10H16INO2. The number of allylic oxidation sites excluding steroid dienone is 1. The van der Waals surface area contributed by atoms with Gasteiger partial charge in [-0.1, -0.05) is 34.2 Å². The van der Waals surface area contributed by atoms with Gasteiger partial charge in [0.2, 0.25) is 0 Å². The van der Waals surface area contributed by atoms with Gasteiger partial charge in [-0.25, -0.2) is 0 Å². The SMILES string of the molecule is C/C(C=O)=C\[C@@H](N)[C@H](O)C/C(C)=C/I. The molecule has 0 saturated carbocycles. The average molecular weight is 309 g/mol. The van der Waals surface area contributed by atoms with Gasteiger partial charge in [-0.3, -0.25) is 4.79 Å². The number of aliphatic hydroxyl groups is 1. The van der Waals surface area contributed by atoms with Crippen LogP contribution in [-0.2, 0) is 4.79 Å². The molecule has 0 amide bonds. The number of hydrogen-bond acceptors (Lipinski definition) is 3. The van der Waals surface area contributed by atoms with Gasteiger partial charge in [0.05, 0.1) is 6.10 Å². The summed E-state index contributed by atoms with van der Waals surface area (Å²) in [7, 11) is 0. The number of rotatable bonds is 5. The number of nitrogens with two attached hydrogens (primary N) is 1. The van der Waals surface area contributed by atoms with Gasteiger partial charge in [0.1, 0.15) is 6.29 Å². The Balaban J connectivity index is 4.25. The van der Waals surface area contributed by atoms with Crippen molar-refractivity contribution in [2.24, 2.45) is 5.73 Å². The van der Waals surface area contributed by atoms with E-state index in [2.05, 4.69) is 22.6 Å². The molecule has 0 aliphatic heterocycles. The van der Waals surface area contributed by atoms with Gasteiger partial charge in [-0.05, 0) is 29.9 Å². The number of hydrogen-bond donors (Lipinski definition) is 2. The molecule has 4 heteroatoms. The van der Waals surface area contributed by atoms with Crippen LogP contribution in [0.3, 0.4) is 0 Å². The van der Waals surface area contributed by atoms with Crippen LogP contribution in [0.5, 0.6) is 0 Å². The zero-order chi connectivity index (χ0) is 11.1. The van der Waals surface area contributed by atoms with Crippen molar-refractivity contribution >= 4 is 28.9 Å². The second-order valence-electron chi connectivity index (χ2n) is 3.33. The van der Waals surface area contributed by atoms with E-state index in [1.54, 1.807) is 13.0 Å². The third-order valence-corrected chi connectivity index (χ3v) is 2.87. The van der Waals surface area contributed by atoms with E-state index in [1.807, 2.05) is 11.0 Å². The summed E-state index contributed by atoms with van der Waals surface area (Å²) in [5, 5.41) is 9.63. The zero-order valence-corrected chi connectivity index (χ0v) is 10.6. The largest absolute Gasteiger partial charge is 0.391 e. The molecule has 0 radical (unpaired) electrons. The van der Waals surface area contributed by atoms with E-state index in [1.165, 1.54) is 0 Å². The molecule has 0 rings (SSSR count). The fraction of sp³-hybridized carbons (Fsp3) is 0.500. The highest BCUT2D eigenvalue weighted by Gasteiger charge is 2.12.